The SMILES string of the molecule is CCN(CC)c1ccc(/C=c2\sc3n(c2=O)[C@H](c2ccc(F)cc2)C2=C(N=3)c3ccccc3CC2)o1. The Hall–Kier alpha value is -3.71. The van der Waals surface area contributed by atoms with E-state index < -0.39 is 0 Å². The van der Waals surface area contributed by atoms with E-state index in [9.17, 15) is 9.18 Å². The minimum absolute atomic E-state index is 0.112. The summed E-state index contributed by atoms with van der Waals surface area (Å²) in [7, 11) is 0. The van der Waals surface area contributed by atoms with Crippen LogP contribution in [0.15, 0.2) is 80.4 Å². The molecule has 0 saturated heterocycles. The van der Waals surface area contributed by atoms with Crippen LogP contribution in [0.4, 0.5) is 10.3 Å². The summed E-state index contributed by atoms with van der Waals surface area (Å²) in [6, 6.07) is 18.3. The van der Waals surface area contributed by atoms with Crippen LogP contribution in [0.5, 0.6) is 0 Å². The summed E-state index contributed by atoms with van der Waals surface area (Å²) >= 11 is 1.36. The van der Waals surface area contributed by atoms with Gasteiger partial charge in [0, 0.05) is 30.8 Å². The maximum absolute atomic E-state index is 13.8. The van der Waals surface area contributed by atoms with Crippen molar-refractivity contribution in [3.63, 3.8) is 0 Å². The number of fused-ring (bicyclic) bond motifs is 3. The first-order valence-corrected chi connectivity index (χ1v) is 13.1. The van der Waals surface area contributed by atoms with Crippen LogP contribution in [0, 0.1) is 5.82 Å². The Labute approximate surface area is 212 Å². The Morgan fingerprint density at radius 3 is 2.64 bits per heavy atom. The molecule has 0 N–H and O–H groups in total. The Balaban J connectivity index is 1.54. The van der Waals surface area contributed by atoms with E-state index in [2.05, 4.69) is 36.9 Å². The molecule has 7 heteroatoms. The van der Waals surface area contributed by atoms with Gasteiger partial charge < -0.3 is 9.32 Å². The van der Waals surface area contributed by atoms with Crippen molar-refractivity contribution in [3.05, 3.63) is 114 Å². The molecular weight excluding hydrogens is 473 g/mol. The van der Waals surface area contributed by atoms with E-state index in [4.69, 9.17) is 9.41 Å². The molecule has 0 fully saturated rings. The topological polar surface area (TPSA) is 50.7 Å². The van der Waals surface area contributed by atoms with Gasteiger partial charge in [-0.3, -0.25) is 9.36 Å². The van der Waals surface area contributed by atoms with Crippen LogP contribution in [0.2, 0.25) is 0 Å². The van der Waals surface area contributed by atoms with Crippen LogP contribution >= 0.6 is 11.3 Å². The molecule has 4 aromatic rings. The predicted molar refractivity (Wildman–Crippen MR) is 141 cm³/mol. The van der Waals surface area contributed by atoms with Gasteiger partial charge >= 0.3 is 0 Å². The van der Waals surface area contributed by atoms with Gasteiger partial charge in [0.25, 0.3) is 5.56 Å². The summed E-state index contributed by atoms with van der Waals surface area (Å²) in [5, 5.41) is 0. The Morgan fingerprint density at radius 1 is 1.08 bits per heavy atom. The number of aromatic nitrogens is 1. The highest BCUT2D eigenvalue weighted by Crippen LogP contribution is 2.41. The van der Waals surface area contributed by atoms with Gasteiger partial charge in [0.15, 0.2) is 10.7 Å². The van der Waals surface area contributed by atoms with Crippen molar-refractivity contribution < 1.29 is 8.81 Å². The summed E-state index contributed by atoms with van der Waals surface area (Å²) in [4.78, 5) is 21.6. The number of aryl methyl sites for hydroxylation is 1. The fourth-order valence-corrected chi connectivity index (χ4v) is 6.20. The highest BCUT2D eigenvalue weighted by Gasteiger charge is 2.32. The molecule has 0 unspecified atom stereocenters. The number of nitrogens with zero attached hydrogens (tertiary/aromatic N) is 3. The quantitative estimate of drug-likeness (QED) is 0.393. The maximum atomic E-state index is 13.8. The molecule has 0 amide bonds. The molecule has 0 saturated carbocycles. The van der Waals surface area contributed by atoms with E-state index in [1.165, 1.54) is 29.0 Å². The van der Waals surface area contributed by atoms with Gasteiger partial charge in [-0.1, -0.05) is 47.7 Å². The Bertz CT molecular complexity index is 1660. The van der Waals surface area contributed by atoms with E-state index in [-0.39, 0.29) is 17.4 Å². The maximum Gasteiger partial charge on any atom is 0.271 e. The first kappa shape index (κ1) is 22.7. The second-order valence-corrected chi connectivity index (χ2v) is 10.0. The zero-order valence-corrected chi connectivity index (χ0v) is 21.0. The monoisotopic (exact) mass is 499 g/mol. The summed E-state index contributed by atoms with van der Waals surface area (Å²) in [6.45, 7) is 5.85. The second-order valence-electron chi connectivity index (χ2n) is 9.01. The minimum Gasteiger partial charge on any atom is -0.441 e. The molecule has 0 spiro atoms. The fourth-order valence-electron chi connectivity index (χ4n) is 5.22. The van der Waals surface area contributed by atoms with Gasteiger partial charge in [0.05, 0.1) is 16.3 Å². The van der Waals surface area contributed by atoms with E-state index in [1.807, 2.05) is 18.2 Å². The summed E-state index contributed by atoms with van der Waals surface area (Å²) in [6.07, 6.45) is 3.48. The van der Waals surface area contributed by atoms with Crippen molar-refractivity contribution in [1.82, 2.24) is 4.57 Å². The standard InChI is InChI=1S/C29H26FN3O2S/c1-3-32(4-2)25-16-14-21(35-25)17-24-28(34)33-27(19-9-12-20(30)13-10-19)23-15-11-18-7-5-6-8-22(18)26(23)31-29(33)36-24/h5-10,12-14,16-17,27H,3-4,11,15H2,1-2H3/b24-17-/t27-/m1/s1. The largest absolute Gasteiger partial charge is 0.441 e. The molecule has 36 heavy (non-hydrogen) atoms. The number of halogens is 1. The van der Waals surface area contributed by atoms with E-state index in [1.54, 1.807) is 22.8 Å². The number of furan rings is 1. The molecule has 3 heterocycles. The van der Waals surface area contributed by atoms with E-state index in [0.717, 1.165) is 54.2 Å². The van der Waals surface area contributed by atoms with E-state index in [0.29, 0.717) is 15.1 Å². The smallest absolute Gasteiger partial charge is 0.271 e. The van der Waals surface area contributed by atoms with Crippen molar-refractivity contribution in [3.8, 4) is 0 Å². The van der Waals surface area contributed by atoms with Crippen LogP contribution in [0.25, 0.3) is 11.8 Å². The lowest BCUT2D eigenvalue weighted by molar-refractivity contribution is 0.541. The van der Waals surface area contributed by atoms with E-state index >= 15 is 0 Å². The number of hydrogen-bond donors (Lipinski definition) is 0. The fraction of sp³-hybridized carbons (Fsp3) is 0.241. The van der Waals surface area contributed by atoms with Gasteiger partial charge in [0.2, 0.25) is 0 Å². The molecule has 2 aromatic carbocycles. The third-order valence-electron chi connectivity index (χ3n) is 7.02. The van der Waals surface area contributed by atoms with Gasteiger partial charge in [-0.15, -0.1) is 0 Å². The highest BCUT2D eigenvalue weighted by molar-refractivity contribution is 7.07. The van der Waals surface area contributed by atoms with Crippen molar-refractivity contribution in [1.29, 1.82) is 0 Å². The van der Waals surface area contributed by atoms with Crippen molar-refractivity contribution in [2.45, 2.75) is 32.7 Å². The van der Waals surface area contributed by atoms with Crippen LogP contribution in [0.3, 0.4) is 0 Å². The summed E-state index contributed by atoms with van der Waals surface area (Å²) in [5.41, 5.74) is 5.17. The lowest BCUT2D eigenvalue weighted by atomic mass is 9.83. The molecule has 1 aliphatic heterocycles. The number of thiazole rings is 1. The molecule has 0 radical (unpaired) electrons. The molecule has 2 aliphatic rings. The van der Waals surface area contributed by atoms with Crippen molar-refractivity contribution in [2.75, 3.05) is 18.0 Å². The zero-order chi connectivity index (χ0) is 24.8. The average molecular weight is 500 g/mol. The van der Waals surface area contributed by atoms with Crippen molar-refractivity contribution >= 4 is 29.0 Å². The molecule has 1 aliphatic carbocycles. The number of allylic oxidation sites excluding steroid dienone is 1. The van der Waals surface area contributed by atoms with Crippen LogP contribution in [0.1, 0.15) is 48.8 Å². The highest BCUT2D eigenvalue weighted by atomic mass is 32.1. The Kier molecular flexibility index (Phi) is 5.72. The molecule has 2 aromatic heterocycles. The number of rotatable bonds is 5. The predicted octanol–water partition coefficient (Wildman–Crippen LogP) is 4.90. The average Bonchev–Trinajstić information content (AvgIpc) is 3.48. The van der Waals surface area contributed by atoms with Gasteiger partial charge in [-0.25, -0.2) is 9.38 Å². The minimum atomic E-state index is -0.324. The molecular formula is C29H26FN3O2S. The molecule has 5 nitrogen and oxygen atoms in total. The first-order chi connectivity index (χ1) is 17.6. The van der Waals surface area contributed by atoms with Gasteiger partial charge in [-0.2, -0.15) is 0 Å². The third kappa shape index (κ3) is 3.75. The van der Waals surface area contributed by atoms with Gasteiger partial charge in [-0.05, 0) is 61.6 Å². The lowest BCUT2D eigenvalue weighted by Crippen LogP contribution is -2.38. The molecule has 182 valence electrons. The molecule has 1 atom stereocenters. The van der Waals surface area contributed by atoms with Crippen molar-refractivity contribution in [2.24, 2.45) is 4.99 Å². The first-order valence-electron chi connectivity index (χ1n) is 12.3. The van der Waals surface area contributed by atoms with Crippen LogP contribution < -0.4 is 19.8 Å². The summed E-state index contributed by atoms with van der Waals surface area (Å²) < 4.78 is 22.2. The lowest BCUT2D eigenvalue weighted by Gasteiger charge is -2.30. The molecule has 6 rings (SSSR count). The number of benzene rings is 2. The van der Waals surface area contributed by atoms with Gasteiger partial charge in [0.1, 0.15) is 11.6 Å². The van der Waals surface area contributed by atoms with Crippen LogP contribution in [-0.2, 0) is 6.42 Å². The third-order valence-corrected chi connectivity index (χ3v) is 8.00. The van der Waals surface area contributed by atoms with Crippen LogP contribution in [-0.4, -0.2) is 17.7 Å². The molecule has 0 bridgehead atoms. The number of hydrogen-bond acceptors (Lipinski definition) is 5. The second kappa shape index (κ2) is 9.06. The Morgan fingerprint density at radius 2 is 1.86 bits per heavy atom. The normalized spacial score (nSPS) is 16.9. The zero-order valence-electron chi connectivity index (χ0n) is 20.2. The summed E-state index contributed by atoms with van der Waals surface area (Å²) in [5.74, 6) is 1.13. The number of anilines is 1.